The Hall–Kier alpha value is -4.17. The Labute approximate surface area is 241 Å². The van der Waals surface area contributed by atoms with Gasteiger partial charge in [-0.25, -0.2) is 9.07 Å². The van der Waals surface area contributed by atoms with Gasteiger partial charge in [0.25, 0.3) is 5.91 Å². The fourth-order valence-corrected chi connectivity index (χ4v) is 5.92. The third-order valence-corrected chi connectivity index (χ3v) is 8.07. The van der Waals surface area contributed by atoms with Crippen molar-refractivity contribution in [3.63, 3.8) is 0 Å². The molecule has 6 rings (SSSR count). The van der Waals surface area contributed by atoms with Crippen LogP contribution in [0.1, 0.15) is 29.8 Å². The first-order valence-corrected chi connectivity index (χ1v) is 14.7. The number of hydrogen-bond donors (Lipinski definition) is 1. The molecule has 0 unspecified atom stereocenters. The molecule has 3 heterocycles. The number of hydrogen-bond acceptors (Lipinski definition) is 5. The van der Waals surface area contributed by atoms with Crippen LogP contribution in [0, 0.1) is 5.82 Å². The summed E-state index contributed by atoms with van der Waals surface area (Å²) in [5, 5.41) is 8.12. The van der Waals surface area contributed by atoms with Gasteiger partial charge in [0.05, 0.1) is 22.8 Å². The molecule has 0 bridgehead atoms. The fourth-order valence-electron chi connectivity index (χ4n) is 5.92. The molecule has 1 amide bonds. The summed E-state index contributed by atoms with van der Waals surface area (Å²) in [6, 6.07) is 27.2. The van der Waals surface area contributed by atoms with Gasteiger partial charge in [-0.05, 0) is 43.5 Å². The van der Waals surface area contributed by atoms with Crippen molar-refractivity contribution in [3.05, 3.63) is 96.4 Å². The predicted molar refractivity (Wildman–Crippen MR) is 162 cm³/mol. The van der Waals surface area contributed by atoms with Gasteiger partial charge in [-0.15, -0.1) is 0 Å². The number of piperidine rings is 1. The molecule has 0 atom stereocenters. The Kier molecular flexibility index (Phi) is 8.28. The Balaban J connectivity index is 1.21. The van der Waals surface area contributed by atoms with Crippen molar-refractivity contribution in [1.82, 2.24) is 20.0 Å². The number of para-hydroxylation sites is 2. The summed E-state index contributed by atoms with van der Waals surface area (Å²) >= 11 is 0. The van der Waals surface area contributed by atoms with Crippen LogP contribution in [0.5, 0.6) is 0 Å². The topological polar surface area (TPSA) is 56.6 Å². The SMILES string of the molecule is O=C(NCCN1CCN(c2ccccc2F)CC1)c1nn(-c2ccccc2)c(-c2ccccc2)c1N1CCCCC1. The van der Waals surface area contributed by atoms with Gasteiger partial charge in [0, 0.05) is 57.9 Å². The van der Waals surface area contributed by atoms with E-state index in [0.717, 1.165) is 81.3 Å². The van der Waals surface area contributed by atoms with Crippen LogP contribution in [-0.2, 0) is 0 Å². The average Bonchev–Trinajstić information content (AvgIpc) is 3.44. The Bertz CT molecular complexity index is 1440. The number of nitrogens with zero attached hydrogens (tertiary/aromatic N) is 5. The Morgan fingerprint density at radius 3 is 2.12 bits per heavy atom. The summed E-state index contributed by atoms with van der Waals surface area (Å²) in [4.78, 5) is 20.5. The van der Waals surface area contributed by atoms with Gasteiger partial charge in [-0.1, -0.05) is 60.7 Å². The van der Waals surface area contributed by atoms with Crippen LogP contribution in [0.2, 0.25) is 0 Å². The zero-order chi connectivity index (χ0) is 28.0. The summed E-state index contributed by atoms with van der Waals surface area (Å²) < 4.78 is 16.2. The molecule has 2 saturated heterocycles. The maximum atomic E-state index is 14.2. The number of halogens is 1. The van der Waals surface area contributed by atoms with Crippen molar-refractivity contribution < 1.29 is 9.18 Å². The number of amides is 1. The molecule has 0 radical (unpaired) electrons. The van der Waals surface area contributed by atoms with Crippen molar-refractivity contribution in [3.8, 4) is 16.9 Å². The number of carbonyl (C=O) groups excluding carboxylic acids is 1. The largest absolute Gasteiger partial charge is 0.368 e. The first-order valence-electron chi connectivity index (χ1n) is 14.7. The lowest BCUT2D eigenvalue weighted by molar-refractivity contribution is 0.0942. The third kappa shape index (κ3) is 5.98. The first-order chi connectivity index (χ1) is 20.2. The maximum Gasteiger partial charge on any atom is 0.274 e. The molecule has 3 aromatic carbocycles. The van der Waals surface area contributed by atoms with Crippen LogP contribution in [0.25, 0.3) is 16.9 Å². The quantitative estimate of drug-likeness (QED) is 0.325. The van der Waals surface area contributed by atoms with Crippen molar-refractivity contribution >= 4 is 17.3 Å². The molecule has 1 aromatic heterocycles. The molecule has 41 heavy (non-hydrogen) atoms. The highest BCUT2D eigenvalue weighted by Crippen LogP contribution is 2.37. The Morgan fingerprint density at radius 1 is 0.756 bits per heavy atom. The van der Waals surface area contributed by atoms with E-state index in [1.807, 2.05) is 65.3 Å². The van der Waals surface area contributed by atoms with Gasteiger partial charge >= 0.3 is 0 Å². The van der Waals surface area contributed by atoms with Crippen LogP contribution >= 0.6 is 0 Å². The summed E-state index contributed by atoms with van der Waals surface area (Å²) in [6.45, 7) is 6.25. The maximum absolute atomic E-state index is 14.2. The van der Waals surface area contributed by atoms with Gasteiger partial charge < -0.3 is 15.1 Å². The zero-order valence-electron chi connectivity index (χ0n) is 23.4. The number of carbonyl (C=O) groups is 1. The van der Waals surface area contributed by atoms with E-state index in [2.05, 4.69) is 32.1 Å². The van der Waals surface area contributed by atoms with E-state index in [1.165, 1.54) is 12.5 Å². The lowest BCUT2D eigenvalue weighted by Gasteiger charge is -2.36. The number of rotatable bonds is 8. The molecular formula is C33H37FN6O. The number of benzene rings is 3. The normalized spacial score (nSPS) is 16.1. The van der Waals surface area contributed by atoms with Crippen LogP contribution in [0.4, 0.5) is 15.8 Å². The molecule has 0 spiro atoms. The number of nitrogens with one attached hydrogen (secondary N) is 1. The minimum Gasteiger partial charge on any atom is -0.368 e. The summed E-state index contributed by atoms with van der Waals surface area (Å²) in [6.07, 6.45) is 3.41. The molecule has 0 aliphatic carbocycles. The summed E-state index contributed by atoms with van der Waals surface area (Å²) in [5.74, 6) is -0.329. The van der Waals surface area contributed by atoms with Crippen molar-refractivity contribution in [2.24, 2.45) is 0 Å². The zero-order valence-corrected chi connectivity index (χ0v) is 23.4. The molecular weight excluding hydrogens is 515 g/mol. The highest BCUT2D eigenvalue weighted by molar-refractivity contribution is 6.02. The number of piperazine rings is 1. The number of anilines is 2. The second-order valence-electron chi connectivity index (χ2n) is 10.7. The molecule has 212 valence electrons. The molecule has 2 aliphatic rings. The third-order valence-electron chi connectivity index (χ3n) is 8.07. The molecule has 1 N–H and O–H groups in total. The van der Waals surface area contributed by atoms with Gasteiger partial charge in [0.15, 0.2) is 5.69 Å². The highest BCUT2D eigenvalue weighted by Gasteiger charge is 2.29. The molecule has 8 heteroatoms. The second-order valence-corrected chi connectivity index (χ2v) is 10.7. The van der Waals surface area contributed by atoms with Crippen LogP contribution in [0.3, 0.4) is 0 Å². The second kappa shape index (κ2) is 12.6. The van der Waals surface area contributed by atoms with Gasteiger partial charge in [-0.2, -0.15) is 5.10 Å². The van der Waals surface area contributed by atoms with E-state index in [1.54, 1.807) is 6.07 Å². The fraction of sp³-hybridized carbons (Fsp3) is 0.333. The molecule has 0 saturated carbocycles. The number of aromatic nitrogens is 2. The average molecular weight is 553 g/mol. The minimum atomic E-state index is -0.178. The highest BCUT2D eigenvalue weighted by atomic mass is 19.1. The van der Waals surface area contributed by atoms with Crippen LogP contribution in [0.15, 0.2) is 84.9 Å². The van der Waals surface area contributed by atoms with E-state index in [9.17, 15) is 9.18 Å². The van der Waals surface area contributed by atoms with Crippen LogP contribution in [-0.4, -0.2) is 72.9 Å². The van der Waals surface area contributed by atoms with Crippen molar-refractivity contribution in [2.75, 3.05) is 62.2 Å². The van der Waals surface area contributed by atoms with E-state index < -0.39 is 0 Å². The molecule has 7 nitrogen and oxygen atoms in total. The van der Waals surface area contributed by atoms with Gasteiger partial charge in [-0.3, -0.25) is 9.69 Å². The van der Waals surface area contributed by atoms with E-state index in [-0.39, 0.29) is 11.7 Å². The smallest absolute Gasteiger partial charge is 0.274 e. The van der Waals surface area contributed by atoms with Crippen molar-refractivity contribution in [2.45, 2.75) is 19.3 Å². The van der Waals surface area contributed by atoms with Crippen molar-refractivity contribution in [1.29, 1.82) is 0 Å². The van der Waals surface area contributed by atoms with E-state index >= 15 is 0 Å². The first kappa shape index (κ1) is 27.0. The van der Waals surface area contributed by atoms with E-state index in [0.29, 0.717) is 17.9 Å². The lowest BCUT2D eigenvalue weighted by atomic mass is 10.1. The summed E-state index contributed by atoms with van der Waals surface area (Å²) in [7, 11) is 0. The Morgan fingerprint density at radius 2 is 1.41 bits per heavy atom. The molecule has 2 aliphatic heterocycles. The standard InChI is InChI=1S/C33H37FN6O/c34-28-16-8-9-17-29(28)38-24-22-37(23-25-38)21-18-35-33(41)30-32(39-19-10-3-11-20-39)31(26-12-4-1-5-13-26)40(36-30)27-14-6-2-7-15-27/h1-2,4-9,12-17H,3,10-11,18-25H2,(H,35,41). The van der Waals surface area contributed by atoms with Gasteiger partial charge in [0.2, 0.25) is 0 Å². The lowest BCUT2D eigenvalue weighted by Crippen LogP contribution is -2.48. The monoisotopic (exact) mass is 552 g/mol. The van der Waals surface area contributed by atoms with Gasteiger partial charge in [0.1, 0.15) is 5.82 Å². The summed E-state index contributed by atoms with van der Waals surface area (Å²) in [5.41, 5.74) is 4.96. The van der Waals surface area contributed by atoms with Crippen LogP contribution < -0.4 is 15.1 Å². The van der Waals surface area contributed by atoms with E-state index in [4.69, 9.17) is 5.10 Å². The molecule has 2 fully saturated rings. The minimum absolute atomic E-state index is 0.151. The predicted octanol–water partition coefficient (Wildman–Crippen LogP) is 5.22. The molecule has 4 aromatic rings.